The van der Waals surface area contributed by atoms with Crippen LogP contribution in [0.25, 0.3) is 0 Å². The van der Waals surface area contributed by atoms with Crippen LogP contribution in [0.5, 0.6) is 11.5 Å². The highest BCUT2D eigenvalue weighted by Gasteiger charge is 2.42. The highest BCUT2D eigenvalue weighted by Crippen LogP contribution is 2.28. The lowest BCUT2D eigenvalue weighted by Gasteiger charge is -2.46. The average Bonchev–Trinajstić information content (AvgIpc) is 2.98. The van der Waals surface area contributed by atoms with Crippen LogP contribution in [0.1, 0.15) is 48.2 Å². The number of hydrogen-bond acceptors (Lipinski definition) is 7. The second-order valence-corrected chi connectivity index (χ2v) is 12.0. The molecule has 3 atom stereocenters. The lowest BCUT2D eigenvalue weighted by molar-refractivity contribution is -0.941. The molecule has 0 aromatic heterocycles. The molecular formula is C35H43N4O6+. The van der Waals surface area contributed by atoms with Crippen molar-refractivity contribution in [3.05, 3.63) is 102 Å². The minimum atomic E-state index is -1.01. The smallest absolute Gasteiger partial charge is 0.338 e. The van der Waals surface area contributed by atoms with E-state index in [2.05, 4.69) is 11.9 Å². The third-order valence-electron chi connectivity index (χ3n) is 7.96. The fourth-order valence-electron chi connectivity index (χ4n) is 5.95. The molecule has 10 nitrogen and oxygen atoms in total. The summed E-state index contributed by atoms with van der Waals surface area (Å²) in [6, 6.07) is 17.8. The summed E-state index contributed by atoms with van der Waals surface area (Å²) in [6.45, 7) is 10.0. The number of phenols is 2. The molecule has 4 rings (SSSR count). The minimum absolute atomic E-state index is 0.105. The van der Waals surface area contributed by atoms with Crippen molar-refractivity contribution in [1.82, 2.24) is 4.90 Å². The van der Waals surface area contributed by atoms with Crippen molar-refractivity contribution in [2.24, 2.45) is 5.73 Å². The maximum Gasteiger partial charge on any atom is 0.338 e. The van der Waals surface area contributed by atoms with Gasteiger partial charge in [-0.05, 0) is 93.3 Å². The molecule has 1 saturated heterocycles. The van der Waals surface area contributed by atoms with Crippen molar-refractivity contribution < 1.29 is 33.8 Å². The number of rotatable bonds is 11. The first kappa shape index (κ1) is 33.2. The van der Waals surface area contributed by atoms with E-state index in [9.17, 15) is 24.6 Å². The van der Waals surface area contributed by atoms with Gasteiger partial charge in [0, 0.05) is 11.3 Å². The third kappa shape index (κ3) is 8.93. The number of carbonyl (C=O) groups is 3. The van der Waals surface area contributed by atoms with Crippen LogP contribution in [0.15, 0.2) is 85.5 Å². The van der Waals surface area contributed by atoms with E-state index < -0.39 is 30.0 Å². The number of esters is 1. The second kappa shape index (κ2) is 14.9. The van der Waals surface area contributed by atoms with E-state index in [4.69, 9.17) is 10.5 Å². The van der Waals surface area contributed by atoms with E-state index in [0.29, 0.717) is 41.8 Å². The fourth-order valence-corrected chi connectivity index (χ4v) is 5.95. The van der Waals surface area contributed by atoms with Gasteiger partial charge in [0.1, 0.15) is 24.6 Å². The Kier molecular flexibility index (Phi) is 11.0. The van der Waals surface area contributed by atoms with Gasteiger partial charge in [-0.3, -0.25) is 9.69 Å². The van der Waals surface area contributed by atoms with Crippen LogP contribution in [0.2, 0.25) is 0 Å². The highest BCUT2D eigenvalue weighted by molar-refractivity contribution is 6.03. The van der Waals surface area contributed by atoms with Crippen molar-refractivity contribution in [3.8, 4) is 11.5 Å². The molecule has 0 saturated carbocycles. The molecule has 1 unspecified atom stereocenters. The number of ether oxygens (including phenoxy) is 1. The minimum Gasteiger partial charge on any atom is -0.508 e. The molecule has 1 heterocycles. The third-order valence-corrected chi connectivity index (χ3v) is 7.96. The van der Waals surface area contributed by atoms with Crippen molar-refractivity contribution in [2.75, 3.05) is 25.0 Å². The largest absolute Gasteiger partial charge is 0.508 e. The normalized spacial score (nSPS) is 18.5. The summed E-state index contributed by atoms with van der Waals surface area (Å²) >= 11 is 0. The number of hydrogen-bond donors (Lipinski definition) is 4. The standard InChI is InChI=1S/C35H42N4O6/c1-4-18-39(22-26-7-5-9-31(41)20-26)19-6-8-29(23-39)38(33(42)32(36)21-25-10-16-30(40)17-11-25)35(44)37-28-14-12-27(13-15-28)34(43)45-24(2)3/h4-5,7,9-17,20,24,29,32H,1,6,8,18-19,21-23,36H2,2-3H3,(H2-,37,40,41,43,44)/p+1/t29-,32-,39?/m0/s1. The van der Waals surface area contributed by atoms with E-state index in [-0.39, 0.29) is 24.0 Å². The number of nitrogens with one attached hydrogen (secondary N) is 1. The average molecular weight is 616 g/mol. The number of imide groups is 1. The maximum atomic E-state index is 14.0. The Morgan fingerprint density at radius 2 is 1.76 bits per heavy atom. The van der Waals surface area contributed by atoms with Crippen LogP contribution in [0.3, 0.4) is 0 Å². The molecular weight excluding hydrogens is 572 g/mol. The van der Waals surface area contributed by atoms with Gasteiger partial charge in [0.15, 0.2) is 0 Å². The first-order valence-electron chi connectivity index (χ1n) is 15.2. The molecule has 0 spiro atoms. The summed E-state index contributed by atoms with van der Waals surface area (Å²) in [5.74, 6) is -0.699. The number of carbonyl (C=O) groups excluding carboxylic acids is 3. The quantitative estimate of drug-likeness (QED) is 0.136. The van der Waals surface area contributed by atoms with E-state index in [1.807, 2.05) is 12.1 Å². The summed E-state index contributed by atoms with van der Waals surface area (Å²) in [6.07, 6.45) is 3.12. The number of phenolic OH excluding ortho intramolecular Hbond substituents is 2. The summed E-state index contributed by atoms with van der Waals surface area (Å²) in [4.78, 5) is 41.5. The van der Waals surface area contributed by atoms with Crippen molar-refractivity contribution in [3.63, 3.8) is 0 Å². The van der Waals surface area contributed by atoms with Gasteiger partial charge in [-0.2, -0.15) is 0 Å². The first-order chi connectivity index (χ1) is 21.5. The van der Waals surface area contributed by atoms with E-state index >= 15 is 0 Å². The summed E-state index contributed by atoms with van der Waals surface area (Å²) in [5.41, 5.74) is 8.90. The topological polar surface area (TPSA) is 142 Å². The van der Waals surface area contributed by atoms with Crippen molar-refractivity contribution in [1.29, 1.82) is 0 Å². The molecule has 3 aromatic carbocycles. The highest BCUT2D eigenvalue weighted by atomic mass is 16.5. The Morgan fingerprint density at radius 1 is 1.04 bits per heavy atom. The Bertz CT molecular complexity index is 1490. The number of aromatic hydroxyl groups is 2. The number of urea groups is 1. The predicted molar refractivity (Wildman–Crippen MR) is 173 cm³/mol. The van der Waals surface area contributed by atoms with Crippen LogP contribution in [-0.4, -0.2) is 75.3 Å². The number of quaternary nitrogens is 1. The molecule has 45 heavy (non-hydrogen) atoms. The van der Waals surface area contributed by atoms with E-state index in [1.54, 1.807) is 68.4 Å². The molecule has 1 aliphatic rings. The summed E-state index contributed by atoms with van der Waals surface area (Å²) < 4.78 is 5.80. The van der Waals surface area contributed by atoms with Gasteiger partial charge >= 0.3 is 12.0 Å². The molecule has 3 aromatic rings. The Hall–Kier alpha value is -4.67. The Balaban J connectivity index is 1.61. The van der Waals surface area contributed by atoms with Gasteiger partial charge in [0.05, 0.1) is 36.8 Å². The number of piperidine rings is 1. The lowest BCUT2D eigenvalue weighted by atomic mass is 9.97. The molecule has 10 heteroatoms. The monoisotopic (exact) mass is 615 g/mol. The molecule has 238 valence electrons. The molecule has 1 aliphatic heterocycles. The first-order valence-corrected chi connectivity index (χ1v) is 15.2. The van der Waals surface area contributed by atoms with Crippen LogP contribution < -0.4 is 11.1 Å². The Morgan fingerprint density at radius 3 is 2.40 bits per heavy atom. The van der Waals surface area contributed by atoms with Crippen LogP contribution in [0.4, 0.5) is 10.5 Å². The van der Waals surface area contributed by atoms with Gasteiger partial charge in [-0.15, -0.1) is 0 Å². The van der Waals surface area contributed by atoms with Crippen LogP contribution >= 0.6 is 0 Å². The number of likely N-dealkylation sites (tertiary alicyclic amines) is 1. The number of benzene rings is 3. The molecule has 3 amide bonds. The predicted octanol–water partition coefficient (Wildman–Crippen LogP) is 4.96. The van der Waals surface area contributed by atoms with Crippen LogP contribution in [0, 0.1) is 0 Å². The lowest BCUT2D eigenvalue weighted by Crippen LogP contribution is -2.63. The second-order valence-electron chi connectivity index (χ2n) is 12.0. The zero-order valence-corrected chi connectivity index (χ0v) is 25.9. The van der Waals surface area contributed by atoms with Crippen molar-refractivity contribution >= 4 is 23.6 Å². The molecule has 1 fully saturated rings. The van der Waals surface area contributed by atoms with Gasteiger partial charge < -0.3 is 30.5 Å². The van der Waals surface area contributed by atoms with E-state index in [0.717, 1.165) is 24.1 Å². The number of nitrogens with two attached hydrogens (primary N) is 1. The van der Waals surface area contributed by atoms with Crippen LogP contribution in [-0.2, 0) is 22.5 Å². The van der Waals surface area contributed by atoms with Crippen molar-refractivity contribution in [2.45, 2.75) is 57.8 Å². The number of amides is 3. The molecule has 0 bridgehead atoms. The Labute approximate surface area is 264 Å². The molecule has 5 N–H and O–H groups in total. The molecule has 0 radical (unpaired) electrons. The summed E-state index contributed by atoms with van der Waals surface area (Å²) in [5, 5.41) is 22.6. The zero-order chi connectivity index (χ0) is 32.6. The number of nitrogens with zero attached hydrogens (tertiary/aromatic N) is 2. The van der Waals surface area contributed by atoms with Gasteiger partial charge in [0.25, 0.3) is 0 Å². The maximum absolute atomic E-state index is 14.0. The fraction of sp³-hybridized carbons (Fsp3) is 0.343. The number of anilines is 1. The van der Waals surface area contributed by atoms with Gasteiger partial charge in [0.2, 0.25) is 5.91 Å². The van der Waals surface area contributed by atoms with E-state index in [1.165, 1.54) is 17.0 Å². The van der Waals surface area contributed by atoms with Gasteiger partial charge in [-0.1, -0.05) is 30.8 Å². The molecule has 0 aliphatic carbocycles. The SMILES string of the molecule is C=CC[N+]1(Cc2cccc(O)c2)CCC[C@H](N(C(=O)Nc2ccc(C(=O)OC(C)C)cc2)C(=O)[C@@H](N)Cc2ccc(O)cc2)C1. The summed E-state index contributed by atoms with van der Waals surface area (Å²) in [7, 11) is 0. The van der Waals surface area contributed by atoms with Gasteiger partial charge in [-0.25, -0.2) is 9.59 Å². The zero-order valence-electron chi connectivity index (χ0n) is 25.9.